The van der Waals surface area contributed by atoms with E-state index in [0.29, 0.717) is 18.7 Å². The maximum absolute atomic E-state index is 12.5. The van der Waals surface area contributed by atoms with Crippen LogP contribution in [0, 0.1) is 0 Å². The van der Waals surface area contributed by atoms with Crippen molar-refractivity contribution in [2.24, 2.45) is 0 Å². The molecule has 3 amide bonds. The zero-order valence-corrected chi connectivity index (χ0v) is 17.0. The van der Waals surface area contributed by atoms with Crippen molar-refractivity contribution in [3.05, 3.63) is 64.6 Å². The van der Waals surface area contributed by atoms with Gasteiger partial charge < -0.3 is 5.32 Å². The standard InChI is InChI=1S/C20H19BrN2O3S/c21-15-6-8-16(9-7-15)22-18(24)13-27-17-12-19(25)23(20(17)26)11-10-14-4-2-1-3-5-14/h1-9,17H,10-13H2,(H,22,24). The van der Waals surface area contributed by atoms with E-state index in [1.165, 1.54) is 16.7 Å². The lowest BCUT2D eigenvalue weighted by atomic mass is 10.1. The van der Waals surface area contributed by atoms with E-state index >= 15 is 0 Å². The first-order chi connectivity index (χ1) is 13.0. The fourth-order valence-electron chi connectivity index (χ4n) is 2.81. The van der Waals surface area contributed by atoms with Gasteiger partial charge in [0.05, 0.1) is 11.0 Å². The summed E-state index contributed by atoms with van der Waals surface area (Å²) in [6.07, 6.45) is 0.795. The smallest absolute Gasteiger partial charge is 0.242 e. The van der Waals surface area contributed by atoms with Crippen molar-refractivity contribution in [3.8, 4) is 0 Å². The molecule has 0 spiro atoms. The monoisotopic (exact) mass is 446 g/mol. The van der Waals surface area contributed by atoms with Crippen LogP contribution in [-0.4, -0.2) is 40.2 Å². The highest BCUT2D eigenvalue weighted by Gasteiger charge is 2.38. The topological polar surface area (TPSA) is 66.5 Å². The lowest BCUT2D eigenvalue weighted by Gasteiger charge is -2.14. The van der Waals surface area contributed by atoms with Gasteiger partial charge >= 0.3 is 0 Å². The number of carbonyl (C=O) groups excluding carboxylic acids is 3. The Hall–Kier alpha value is -2.12. The Morgan fingerprint density at radius 2 is 1.81 bits per heavy atom. The molecule has 1 unspecified atom stereocenters. The zero-order chi connectivity index (χ0) is 19.2. The second kappa shape index (κ2) is 9.19. The van der Waals surface area contributed by atoms with Crippen molar-refractivity contribution in [1.29, 1.82) is 0 Å². The van der Waals surface area contributed by atoms with Crippen molar-refractivity contribution < 1.29 is 14.4 Å². The third-order valence-corrected chi connectivity index (χ3v) is 5.94. The fraction of sp³-hybridized carbons (Fsp3) is 0.250. The molecule has 7 heteroatoms. The first-order valence-corrected chi connectivity index (χ1v) is 10.4. The predicted molar refractivity (Wildman–Crippen MR) is 111 cm³/mol. The van der Waals surface area contributed by atoms with Crippen LogP contribution in [-0.2, 0) is 20.8 Å². The molecule has 1 atom stereocenters. The number of nitrogens with zero attached hydrogens (tertiary/aromatic N) is 1. The van der Waals surface area contributed by atoms with Gasteiger partial charge in [-0.1, -0.05) is 46.3 Å². The molecule has 140 valence electrons. The van der Waals surface area contributed by atoms with Gasteiger partial charge in [-0.05, 0) is 36.2 Å². The number of nitrogens with one attached hydrogen (secondary N) is 1. The van der Waals surface area contributed by atoms with Gasteiger partial charge in [-0.2, -0.15) is 0 Å². The largest absolute Gasteiger partial charge is 0.325 e. The molecule has 0 bridgehead atoms. The molecule has 2 aromatic carbocycles. The van der Waals surface area contributed by atoms with Crippen LogP contribution in [0.25, 0.3) is 0 Å². The van der Waals surface area contributed by atoms with Gasteiger partial charge in [0.1, 0.15) is 0 Å². The van der Waals surface area contributed by atoms with E-state index in [0.717, 1.165) is 10.0 Å². The number of likely N-dealkylation sites (tertiary alicyclic amines) is 1. The Labute approximate surface area is 170 Å². The summed E-state index contributed by atoms with van der Waals surface area (Å²) in [4.78, 5) is 38.1. The SMILES string of the molecule is O=C(CSC1CC(=O)N(CCc2ccccc2)C1=O)Nc1ccc(Br)cc1. The first-order valence-electron chi connectivity index (χ1n) is 8.58. The summed E-state index contributed by atoms with van der Waals surface area (Å²) in [6, 6.07) is 17.0. The van der Waals surface area contributed by atoms with Crippen LogP contribution in [0.2, 0.25) is 0 Å². The second-order valence-corrected chi connectivity index (χ2v) is 8.28. The summed E-state index contributed by atoms with van der Waals surface area (Å²) in [5.41, 5.74) is 1.78. The molecule has 27 heavy (non-hydrogen) atoms. The number of imide groups is 1. The minimum Gasteiger partial charge on any atom is -0.325 e. The zero-order valence-electron chi connectivity index (χ0n) is 14.6. The van der Waals surface area contributed by atoms with E-state index in [2.05, 4.69) is 21.2 Å². The molecule has 0 radical (unpaired) electrons. The van der Waals surface area contributed by atoms with Crippen LogP contribution >= 0.6 is 27.7 Å². The van der Waals surface area contributed by atoms with Crippen LogP contribution in [0.1, 0.15) is 12.0 Å². The van der Waals surface area contributed by atoms with Gasteiger partial charge in [-0.25, -0.2) is 0 Å². The molecule has 1 heterocycles. The Morgan fingerprint density at radius 3 is 2.52 bits per heavy atom. The number of hydrogen-bond donors (Lipinski definition) is 1. The summed E-state index contributed by atoms with van der Waals surface area (Å²) >= 11 is 4.56. The van der Waals surface area contributed by atoms with E-state index < -0.39 is 5.25 Å². The highest BCUT2D eigenvalue weighted by atomic mass is 79.9. The number of rotatable bonds is 7. The number of thioether (sulfide) groups is 1. The quantitative estimate of drug-likeness (QED) is 0.660. The Bertz CT molecular complexity index is 827. The average molecular weight is 447 g/mol. The number of anilines is 1. The normalized spacial score (nSPS) is 16.6. The summed E-state index contributed by atoms with van der Waals surface area (Å²) in [5, 5.41) is 2.30. The number of carbonyl (C=O) groups is 3. The molecule has 1 aliphatic rings. The highest BCUT2D eigenvalue weighted by Crippen LogP contribution is 2.25. The Morgan fingerprint density at radius 1 is 1.11 bits per heavy atom. The molecule has 1 N–H and O–H groups in total. The van der Waals surface area contributed by atoms with Gasteiger partial charge in [0, 0.05) is 23.1 Å². The second-order valence-electron chi connectivity index (χ2n) is 6.18. The van der Waals surface area contributed by atoms with E-state index in [4.69, 9.17) is 0 Å². The molecule has 0 aromatic heterocycles. The van der Waals surface area contributed by atoms with E-state index in [9.17, 15) is 14.4 Å². The molecule has 3 rings (SSSR count). The molecule has 1 aliphatic heterocycles. The van der Waals surface area contributed by atoms with Crippen molar-refractivity contribution in [3.63, 3.8) is 0 Å². The van der Waals surface area contributed by atoms with Gasteiger partial charge in [0.25, 0.3) is 0 Å². The Kier molecular flexibility index (Phi) is 6.68. The van der Waals surface area contributed by atoms with E-state index in [1.807, 2.05) is 42.5 Å². The van der Waals surface area contributed by atoms with Crippen LogP contribution in [0.5, 0.6) is 0 Å². The van der Waals surface area contributed by atoms with Gasteiger partial charge in [0.2, 0.25) is 17.7 Å². The molecular weight excluding hydrogens is 428 g/mol. The molecule has 5 nitrogen and oxygen atoms in total. The number of halogens is 1. The summed E-state index contributed by atoms with van der Waals surface area (Å²) in [5.74, 6) is -0.420. The summed E-state index contributed by atoms with van der Waals surface area (Å²) < 4.78 is 0.931. The Balaban J connectivity index is 1.48. The van der Waals surface area contributed by atoms with Crippen LogP contribution in [0.4, 0.5) is 5.69 Å². The maximum atomic E-state index is 12.5. The third-order valence-electron chi connectivity index (χ3n) is 4.21. The predicted octanol–water partition coefficient (Wildman–Crippen LogP) is 3.49. The van der Waals surface area contributed by atoms with Gasteiger partial charge in [-0.15, -0.1) is 11.8 Å². The minimum atomic E-state index is -0.482. The third kappa shape index (κ3) is 5.43. The highest BCUT2D eigenvalue weighted by molar-refractivity contribution is 9.10. The number of benzene rings is 2. The van der Waals surface area contributed by atoms with Crippen LogP contribution in [0.3, 0.4) is 0 Å². The summed E-state index contributed by atoms with van der Waals surface area (Å²) in [6.45, 7) is 0.379. The maximum Gasteiger partial charge on any atom is 0.242 e. The van der Waals surface area contributed by atoms with Crippen LogP contribution < -0.4 is 5.32 Å². The van der Waals surface area contributed by atoms with Crippen molar-refractivity contribution in [1.82, 2.24) is 4.90 Å². The molecule has 0 saturated carbocycles. The summed E-state index contributed by atoms with van der Waals surface area (Å²) in [7, 11) is 0. The van der Waals surface area contributed by atoms with Crippen molar-refractivity contribution >= 4 is 51.1 Å². The molecule has 2 aromatic rings. The number of amides is 3. The minimum absolute atomic E-state index is 0.131. The average Bonchev–Trinajstić information content (AvgIpc) is 2.94. The van der Waals surface area contributed by atoms with E-state index in [1.54, 1.807) is 12.1 Å². The van der Waals surface area contributed by atoms with E-state index in [-0.39, 0.29) is 29.9 Å². The molecular formula is C20H19BrN2O3S. The first kappa shape index (κ1) is 19.6. The van der Waals surface area contributed by atoms with Gasteiger partial charge in [0.15, 0.2) is 0 Å². The number of hydrogen-bond acceptors (Lipinski definition) is 4. The molecule has 0 aliphatic carbocycles. The van der Waals surface area contributed by atoms with Crippen LogP contribution in [0.15, 0.2) is 59.1 Å². The van der Waals surface area contributed by atoms with Crippen molar-refractivity contribution in [2.45, 2.75) is 18.1 Å². The van der Waals surface area contributed by atoms with Gasteiger partial charge in [-0.3, -0.25) is 19.3 Å². The van der Waals surface area contributed by atoms with Crippen molar-refractivity contribution in [2.75, 3.05) is 17.6 Å². The molecule has 1 saturated heterocycles. The fourth-order valence-corrected chi connectivity index (χ4v) is 4.03. The lowest BCUT2D eigenvalue weighted by Crippen LogP contribution is -2.33. The lowest BCUT2D eigenvalue weighted by molar-refractivity contribution is -0.138. The molecule has 1 fully saturated rings.